The van der Waals surface area contributed by atoms with Crippen LogP contribution in [0.25, 0.3) is 11.0 Å². The number of rotatable bonds is 4. The number of likely N-dealkylation sites (N-methyl/N-ethyl adjacent to an activating group) is 1. The van der Waals surface area contributed by atoms with Gasteiger partial charge in [0.2, 0.25) is 0 Å². The molecule has 17 heavy (non-hydrogen) atoms. The minimum Gasteiger partial charge on any atom is -0.431 e. The van der Waals surface area contributed by atoms with Gasteiger partial charge < -0.3 is 9.73 Å². The molecule has 4 heteroatoms. The maximum Gasteiger partial charge on any atom is 0.278 e. The largest absolute Gasteiger partial charge is 0.431 e. The molecule has 0 bridgehead atoms. The number of benzene rings is 1. The summed E-state index contributed by atoms with van der Waals surface area (Å²) in [5, 5.41) is 3.42. The van der Waals surface area contributed by atoms with Crippen LogP contribution in [0.4, 0.5) is 8.78 Å². The molecule has 1 heterocycles. The van der Waals surface area contributed by atoms with Crippen molar-refractivity contribution in [2.75, 3.05) is 6.54 Å². The highest BCUT2D eigenvalue weighted by Crippen LogP contribution is 2.24. The molecule has 0 radical (unpaired) electrons. The molecule has 1 aromatic heterocycles. The van der Waals surface area contributed by atoms with E-state index in [1.807, 2.05) is 13.8 Å². The van der Waals surface area contributed by atoms with Crippen LogP contribution in [0.5, 0.6) is 0 Å². The summed E-state index contributed by atoms with van der Waals surface area (Å²) in [5.41, 5.74) is 0.826. The predicted octanol–water partition coefficient (Wildman–Crippen LogP) is 3.25. The van der Waals surface area contributed by atoms with E-state index in [1.165, 1.54) is 0 Å². The lowest BCUT2D eigenvalue weighted by molar-refractivity contribution is 0.381. The number of fused-ring (bicyclic) bond motifs is 1. The molecular weight excluding hydrogens is 224 g/mol. The van der Waals surface area contributed by atoms with Gasteiger partial charge in [0.1, 0.15) is 11.4 Å². The Balaban J connectivity index is 2.32. The van der Waals surface area contributed by atoms with E-state index in [9.17, 15) is 8.78 Å². The number of hydrogen-bond donors (Lipinski definition) is 1. The summed E-state index contributed by atoms with van der Waals surface area (Å²) in [7, 11) is 0. The number of halogens is 2. The molecule has 0 saturated heterocycles. The maximum atomic E-state index is 14.0. The fraction of sp³-hybridized carbons (Fsp3) is 0.385. The molecule has 0 amide bonds. The minimum absolute atomic E-state index is 0.184. The van der Waals surface area contributed by atoms with Crippen molar-refractivity contribution in [3.8, 4) is 0 Å². The fourth-order valence-corrected chi connectivity index (χ4v) is 2.00. The quantitative estimate of drug-likeness (QED) is 0.886. The number of furan rings is 1. The van der Waals surface area contributed by atoms with Crippen LogP contribution in [-0.2, 0) is 6.42 Å². The summed E-state index contributed by atoms with van der Waals surface area (Å²) in [5.74, 6) is -0.389. The van der Waals surface area contributed by atoms with Crippen molar-refractivity contribution >= 4 is 11.0 Å². The van der Waals surface area contributed by atoms with Gasteiger partial charge in [-0.25, -0.2) is 4.39 Å². The van der Waals surface area contributed by atoms with Crippen LogP contribution in [0.2, 0.25) is 0 Å². The summed E-state index contributed by atoms with van der Waals surface area (Å²) in [4.78, 5) is 0. The third-order valence-electron chi connectivity index (χ3n) is 2.76. The molecule has 1 aromatic carbocycles. The summed E-state index contributed by atoms with van der Waals surface area (Å²) in [6.45, 7) is 4.83. The third kappa shape index (κ3) is 2.47. The van der Waals surface area contributed by atoms with Gasteiger partial charge in [0, 0.05) is 12.1 Å². The Bertz CT molecular complexity index is 521. The zero-order chi connectivity index (χ0) is 12.4. The highest BCUT2D eigenvalue weighted by molar-refractivity contribution is 5.78. The molecule has 0 aliphatic carbocycles. The summed E-state index contributed by atoms with van der Waals surface area (Å²) < 4.78 is 31.6. The summed E-state index contributed by atoms with van der Waals surface area (Å²) in [6.07, 6.45) is 0.572. The lowest BCUT2D eigenvalue weighted by Crippen LogP contribution is -2.27. The van der Waals surface area contributed by atoms with E-state index in [2.05, 4.69) is 5.32 Å². The molecule has 0 spiro atoms. The normalized spacial score (nSPS) is 13.2. The molecule has 1 N–H and O–H groups in total. The van der Waals surface area contributed by atoms with Crippen molar-refractivity contribution < 1.29 is 13.2 Å². The van der Waals surface area contributed by atoms with Gasteiger partial charge in [-0.15, -0.1) is 0 Å². The Hall–Kier alpha value is -1.42. The molecule has 2 nitrogen and oxygen atoms in total. The zero-order valence-electron chi connectivity index (χ0n) is 9.89. The van der Waals surface area contributed by atoms with Crippen molar-refractivity contribution in [1.29, 1.82) is 0 Å². The third-order valence-corrected chi connectivity index (χ3v) is 2.76. The van der Waals surface area contributed by atoms with Crippen LogP contribution in [0.1, 0.15) is 19.4 Å². The SMILES string of the molecule is CCN[C@@H](C)Cc1ccc2oc(F)cc2c1F. The lowest BCUT2D eigenvalue weighted by atomic mass is 10.0. The molecule has 1 atom stereocenters. The predicted molar refractivity (Wildman–Crippen MR) is 63.0 cm³/mol. The maximum absolute atomic E-state index is 14.0. The Kier molecular flexibility index (Phi) is 3.43. The molecule has 2 rings (SSSR count). The van der Waals surface area contributed by atoms with Gasteiger partial charge in [0.15, 0.2) is 0 Å². The van der Waals surface area contributed by atoms with Crippen molar-refractivity contribution in [2.45, 2.75) is 26.3 Å². The van der Waals surface area contributed by atoms with E-state index in [0.717, 1.165) is 12.6 Å². The van der Waals surface area contributed by atoms with Crippen LogP contribution < -0.4 is 5.32 Å². The first-order chi connectivity index (χ1) is 8.11. The van der Waals surface area contributed by atoms with Gasteiger partial charge in [0.05, 0.1) is 5.39 Å². The van der Waals surface area contributed by atoms with Crippen LogP contribution in [-0.4, -0.2) is 12.6 Å². The van der Waals surface area contributed by atoms with Crippen molar-refractivity contribution in [3.63, 3.8) is 0 Å². The van der Waals surface area contributed by atoms with E-state index in [1.54, 1.807) is 12.1 Å². The molecule has 0 saturated carbocycles. The van der Waals surface area contributed by atoms with Crippen molar-refractivity contribution in [1.82, 2.24) is 5.32 Å². The first kappa shape index (κ1) is 12.0. The van der Waals surface area contributed by atoms with Gasteiger partial charge in [-0.3, -0.25) is 0 Å². The molecule has 0 fully saturated rings. The molecule has 0 aliphatic rings. The van der Waals surface area contributed by atoms with Gasteiger partial charge in [0.25, 0.3) is 6.01 Å². The van der Waals surface area contributed by atoms with Crippen LogP contribution in [0.15, 0.2) is 22.6 Å². The highest BCUT2D eigenvalue weighted by atomic mass is 19.1. The number of hydrogen-bond acceptors (Lipinski definition) is 2. The lowest BCUT2D eigenvalue weighted by Gasteiger charge is -2.12. The molecule has 0 unspecified atom stereocenters. The second kappa shape index (κ2) is 4.84. The zero-order valence-corrected chi connectivity index (χ0v) is 9.89. The van der Waals surface area contributed by atoms with E-state index in [4.69, 9.17) is 4.42 Å². The van der Waals surface area contributed by atoms with E-state index >= 15 is 0 Å². The summed E-state index contributed by atoms with van der Waals surface area (Å²) >= 11 is 0. The van der Waals surface area contributed by atoms with Gasteiger partial charge in [-0.2, -0.15) is 4.39 Å². The van der Waals surface area contributed by atoms with Crippen LogP contribution in [0.3, 0.4) is 0 Å². The molecular formula is C13H15F2NO. The van der Waals surface area contributed by atoms with E-state index in [-0.39, 0.29) is 22.8 Å². The minimum atomic E-state index is -0.754. The van der Waals surface area contributed by atoms with Gasteiger partial charge in [-0.05, 0) is 31.5 Å². The Morgan fingerprint density at radius 2 is 2.12 bits per heavy atom. The Morgan fingerprint density at radius 1 is 1.35 bits per heavy atom. The van der Waals surface area contributed by atoms with Crippen molar-refractivity contribution in [2.24, 2.45) is 0 Å². The van der Waals surface area contributed by atoms with Gasteiger partial charge in [-0.1, -0.05) is 13.0 Å². The summed E-state index contributed by atoms with van der Waals surface area (Å²) in [6, 6.07) is 3.77. The molecule has 2 aromatic rings. The molecule has 92 valence electrons. The Morgan fingerprint density at radius 3 is 2.82 bits per heavy atom. The first-order valence-electron chi connectivity index (χ1n) is 5.71. The van der Waals surface area contributed by atoms with Crippen LogP contribution >= 0.6 is 0 Å². The van der Waals surface area contributed by atoms with Crippen LogP contribution in [0, 0.1) is 11.8 Å². The van der Waals surface area contributed by atoms with E-state index in [0.29, 0.717) is 12.0 Å². The standard InChI is InChI=1S/C13H15F2NO/c1-3-16-8(2)6-9-4-5-11-10(13(9)15)7-12(14)17-11/h4-5,7-8,16H,3,6H2,1-2H3/t8-/m0/s1. The van der Waals surface area contributed by atoms with Gasteiger partial charge >= 0.3 is 0 Å². The monoisotopic (exact) mass is 239 g/mol. The highest BCUT2D eigenvalue weighted by Gasteiger charge is 2.13. The molecule has 0 aliphatic heterocycles. The number of nitrogens with one attached hydrogen (secondary N) is 1. The second-order valence-corrected chi connectivity index (χ2v) is 4.16. The smallest absolute Gasteiger partial charge is 0.278 e. The first-order valence-corrected chi connectivity index (χ1v) is 5.71. The Labute approximate surface area is 98.6 Å². The second-order valence-electron chi connectivity index (χ2n) is 4.16. The van der Waals surface area contributed by atoms with Crippen molar-refractivity contribution in [3.05, 3.63) is 35.6 Å². The average molecular weight is 239 g/mol. The topological polar surface area (TPSA) is 25.2 Å². The fourth-order valence-electron chi connectivity index (χ4n) is 2.00. The average Bonchev–Trinajstić information content (AvgIpc) is 2.64. The van der Waals surface area contributed by atoms with E-state index < -0.39 is 6.01 Å².